The van der Waals surface area contributed by atoms with Gasteiger partial charge in [0, 0.05) is 28.2 Å². The lowest BCUT2D eigenvalue weighted by Gasteiger charge is -2.32. The van der Waals surface area contributed by atoms with Crippen LogP contribution in [0.4, 0.5) is 0 Å². The summed E-state index contributed by atoms with van der Waals surface area (Å²) in [6.07, 6.45) is 3.21. The number of thiol groups is 1. The largest absolute Gasteiger partial charge is 0.481 e. The van der Waals surface area contributed by atoms with E-state index in [4.69, 9.17) is 21.4 Å². The average molecular weight is 354 g/mol. The molecule has 1 atom stereocenters. The van der Waals surface area contributed by atoms with E-state index in [1.807, 2.05) is 0 Å². The molecule has 2 rings (SSSR count). The zero-order valence-corrected chi connectivity index (χ0v) is 14.1. The Morgan fingerprint density at radius 3 is 2.74 bits per heavy atom. The molecule has 0 spiro atoms. The first-order valence-electron chi connectivity index (χ1n) is 6.84. The molecule has 7 heteroatoms. The Kier molecular flexibility index (Phi) is 5.74. The van der Waals surface area contributed by atoms with E-state index in [1.165, 1.54) is 7.11 Å². The molecule has 0 fully saturated rings. The van der Waals surface area contributed by atoms with Crippen LogP contribution in [0.15, 0.2) is 47.0 Å². The SMILES string of the molecule is COC(=O)[C@H](c1ccccc1Cl)N1C=C(CC(=O)O)C(S)=CC1. The molecule has 5 nitrogen and oxygen atoms in total. The number of esters is 1. The van der Waals surface area contributed by atoms with Gasteiger partial charge >= 0.3 is 11.9 Å². The molecule has 0 saturated carbocycles. The van der Waals surface area contributed by atoms with Crippen LogP contribution in [0.1, 0.15) is 18.0 Å². The van der Waals surface area contributed by atoms with Crippen LogP contribution >= 0.6 is 24.2 Å². The highest BCUT2D eigenvalue weighted by Gasteiger charge is 2.30. The van der Waals surface area contributed by atoms with Crippen molar-refractivity contribution in [3.8, 4) is 0 Å². The maximum absolute atomic E-state index is 12.3. The van der Waals surface area contributed by atoms with E-state index in [-0.39, 0.29) is 6.42 Å². The zero-order valence-electron chi connectivity index (χ0n) is 12.4. The number of halogens is 1. The second-order valence-corrected chi connectivity index (χ2v) is 5.85. The number of methoxy groups -OCH3 is 1. The third-order valence-electron chi connectivity index (χ3n) is 3.44. The molecule has 0 bridgehead atoms. The highest BCUT2D eigenvalue weighted by atomic mass is 35.5. The maximum atomic E-state index is 12.3. The van der Waals surface area contributed by atoms with E-state index in [0.29, 0.717) is 27.6 Å². The average Bonchev–Trinajstić information content (AvgIpc) is 2.51. The van der Waals surface area contributed by atoms with Crippen LogP contribution in [-0.2, 0) is 14.3 Å². The summed E-state index contributed by atoms with van der Waals surface area (Å²) in [6.45, 7) is 0.396. The predicted octanol–water partition coefficient (Wildman–Crippen LogP) is 3.04. The fraction of sp³-hybridized carbons (Fsp3) is 0.250. The number of carboxylic acid groups (broad SMARTS) is 1. The molecule has 122 valence electrons. The summed E-state index contributed by atoms with van der Waals surface area (Å²) in [4.78, 5) is 25.5. The minimum Gasteiger partial charge on any atom is -0.481 e. The number of carboxylic acids is 1. The molecule has 1 aromatic rings. The normalized spacial score (nSPS) is 15.5. The molecule has 0 radical (unpaired) electrons. The Morgan fingerprint density at radius 2 is 2.13 bits per heavy atom. The van der Waals surface area contributed by atoms with E-state index in [9.17, 15) is 9.59 Å². The molecule has 1 heterocycles. The lowest BCUT2D eigenvalue weighted by atomic mass is 10.0. The van der Waals surface area contributed by atoms with Gasteiger partial charge in [0.2, 0.25) is 0 Å². The summed E-state index contributed by atoms with van der Waals surface area (Å²) >= 11 is 10.5. The number of ether oxygens (including phenoxy) is 1. The van der Waals surface area contributed by atoms with E-state index < -0.39 is 18.0 Å². The van der Waals surface area contributed by atoms with Gasteiger partial charge in [0.05, 0.1) is 13.5 Å². The fourth-order valence-electron chi connectivity index (χ4n) is 2.37. The Labute approximate surface area is 144 Å². The van der Waals surface area contributed by atoms with Gasteiger partial charge in [-0.3, -0.25) is 4.79 Å². The number of benzene rings is 1. The van der Waals surface area contributed by atoms with Crippen molar-refractivity contribution in [1.82, 2.24) is 4.90 Å². The van der Waals surface area contributed by atoms with Gasteiger partial charge in [0.15, 0.2) is 6.04 Å². The monoisotopic (exact) mass is 353 g/mol. The number of hydrogen-bond donors (Lipinski definition) is 2. The van der Waals surface area contributed by atoms with Crippen LogP contribution < -0.4 is 0 Å². The van der Waals surface area contributed by atoms with E-state index in [1.54, 1.807) is 41.4 Å². The van der Waals surface area contributed by atoms with Crippen molar-refractivity contribution < 1.29 is 19.4 Å². The van der Waals surface area contributed by atoms with Crippen LogP contribution in [0.5, 0.6) is 0 Å². The number of nitrogens with zero attached hydrogens (tertiary/aromatic N) is 1. The number of aliphatic carboxylic acids is 1. The van der Waals surface area contributed by atoms with Gasteiger partial charge in [0.25, 0.3) is 0 Å². The van der Waals surface area contributed by atoms with Crippen molar-refractivity contribution in [2.75, 3.05) is 13.7 Å². The molecular weight excluding hydrogens is 338 g/mol. The maximum Gasteiger partial charge on any atom is 0.333 e. The lowest BCUT2D eigenvalue weighted by molar-refractivity contribution is -0.146. The van der Waals surface area contributed by atoms with Crippen molar-refractivity contribution >= 4 is 36.2 Å². The van der Waals surface area contributed by atoms with Crippen molar-refractivity contribution in [1.29, 1.82) is 0 Å². The second-order valence-electron chi connectivity index (χ2n) is 4.96. The number of carbonyl (C=O) groups excluding carboxylic acids is 1. The molecular formula is C16H16ClNO4S. The van der Waals surface area contributed by atoms with Crippen molar-refractivity contribution in [2.24, 2.45) is 0 Å². The standard InChI is InChI=1S/C16H16ClNO4S/c1-22-16(21)15(11-4-2-3-5-12(11)17)18-7-6-13(23)10(9-18)8-14(19)20/h2-6,9,15,23H,7-8H2,1H3,(H,19,20)/t15-/m0/s1. The highest BCUT2D eigenvalue weighted by molar-refractivity contribution is 7.84. The molecule has 23 heavy (non-hydrogen) atoms. The highest BCUT2D eigenvalue weighted by Crippen LogP contribution is 2.33. The molecule has 0 saturated heterocycles. The summed E-state index contributed by atoms with van der Waals surface area (Å²) in [5, 5.41) is 9.43. The summed E-state index contributed by atoms with van der Waals surface area (Å²) in [7, 11) is 1.30. The second kappa shape index (κ2) is 7.57. The molecule has 0 aromatic heterocycles. The first-order chi connectivity index (χ1) is 10.9. The molecule has 0 aliphatic carbocycles. The molecule has 1 aliphatic rings. The lowest BCUT2D eigenvalue weighted by Crippen LogP contribution is -2.33. The Bertz CT molecular complexity index is 686. The summed E-state index contributed by atoms with van der Waals surface area (Å²) in [6, 6.07) is 6.24. The van der Waals surface area contributed by atoms with E-state index in [0.717, 1.165) is 0 Å². The van der Waals surface area contributed by atoms with Crippen molar-refractivity contribution in [3.05, 3.63) is 57.6 Å². The van der Waals surface area contributed by atoms with Crippen LogP contribution in [-0.4, -0.2) is 35.6 Å². The topological polar surface area (TPSA) is 66.8 Å². The van der Waals surface area contributed by atoms with Crippen LogP contribution in [0, 0.1) is 0 Å². The summed E-state index contributed by atoms with van der Waals surface area (Å²) < 4.78 is 4.89. The number of allylic oxidation sites excluding steroid dienone is 1. The number of carbonyl (C=O) groups is 2. The first-order valence-corrected chi connectivity index (χ1v) is 7.66. The van der Waals surface area contributed by atoms with Crippen LogP contribution in [0.2, 0.25) is 5.02 Å². The third kappa shape index (κ3) is 4.09. The first kappa shape index (κ1) is 17.4. The van der Waals surface area contributed by atoms with E-state index >= 15 is 0 Å². The number of hydrogen-bond acceptors (Lipinski definition) is 5. The van der Waals surface area contributed by atoms with E-state index in [2.05, 4.69) is 12.6 Å². The third-order valence-corrected chi connectivity index (χ3v) is 4.26. The van der Waals surface area contributed by atoms with Gasteiger partial charge in [-0.15, -0.1) is 12.6 Å². The fourth-order valence-corrected chi connectivity index (χ4v) is 2.83. The summed E-state index contributed by atoms with van der Waals surface area (Å²) in [5.41, 5.74) is 1.12. The molecule has 1 aromatic carbocycles. The minimum absolute atomic E-state index is 0.178. The van der Waals surface area contributed by atoms with Gasteiger partial charge in [-0.05, 0) is 11.6 Å². The predicted molar refractivity (Wildman–Crippen MR) is 90.3 cm³/mol. The molecule has 1 aliphatic heterocycles. The van der Waals surface area contributed by atoms with Crippen molar-refractivity contribution in [2.45, 2.75) is 12.5 Å². The quantitative estimate of drug-likeness (QED) is 0.629. The molecule has 0 amide bonds. The van der Waals surface area contributed by atoms with Crippen LogP contribution in [0.25, 0.3) is 0 Å². The Morgan fingerprint density at radius 1 is 1.43 bits per heavy atom. The summed E-state index contributed by atoms with van der Waals surface area (Å²) in [5.74, 6) is -1.44. The van der Waals surface area contributed by atoms with Gasteiger partial charge in [-0.2, -0.15) is 0 Å². The molecule has 1 N–H and O–H groups in total. The van der Waals surface area contributed by atoms with Gasteiger partial charge in [-0.25, -0.2) is 4.79 Å². The van der Waals surface area contributed by atoms with Crippen molar-refractivity contribution in [3.63, 3.8) is 0 Å². The smallest absolute Gasteiger partial charge is 0.333 e. The van der Waals surface area contributed by atoms with Gasteiger partial charge < -0.3 is 14.7 Å². The van der Waals surface area contributed by atoms with Gasteiger partial charge in [0.1, 0.15) is 0 Å². The Hall–Kier alpha value is -1.92. The minimum atomic E-state index is -0.967. The van der Waals surface area contributed by atoms with Gasteiger partial charge in [-0.1, -0.05) is 35.9 Å². The van der Waals surface area contributed by atoms with Crippen LogP contribution in [0.3, 0.4) is 0 Å². The Balaban J connectivity index is 2.41. The number of rotatable bonds is 5. The molecule has 0 unspecified atom stereocenters. The zero-order chi connectivity index (χ0) is 17.0.